The maximum absolute atomic E-state index is 0. The van der Waals surface area contributed by atoms with Gasteiger partial charge in [0.05, 0.1) is 0 Å². The fourth-order valence-corrected chi connectivity index (χ4v) is 0. The molecule has 0 radical (unpaired) electrons. The molecule has 0 aliphatic carbocycles. The third-order valence-electron chi connectivity index (χ3n) is 0. The number of hydrogen-bond acceptors (Lipinski definition) is 0. The summed E-state index contributed by atoms with van der Waals surface area (Å²) in [7, 11) is 0. The van der Waals surface area contributed by atoms with E-state index in [0.29, 0.717) is 0 Å². The van der Waals surface area contributed by atoms with E-state index in [9.17, 15) is 0 Å². The molecule has 0 aromatic heterocycles. The van der Waals surface area contributed by atoms with E-state index in [1.165, 1.54) is 0 Å². The van der Waals surface area contributed by atoms with Crippen molar-refractivity contribution in [1.82, 2.24) is 0 Å². The summed E-state index contributed by atoms with van der Waals surface area (Å²) in [5.41, 5.74) is 0. The van der Waals surface area contributed by atoms with E-state index in [-0.39, 0.29) is 70.6 Å². The van der Waals surface area contributed by atoms with Gasteiger partial charge in [0.15, 0.2) is 0 Å². The van der Waals surface area contributed by atoms with Crippen LogP contribution in [0.5, 0.6) is 0 Å². The van der Waals surface area contributed by atoms with Gasteiger partial charge in [0.2, 0.25) is 0 Å². The molecule has 0 saturated heterocycles. The zero-order valence-corrected chi connectivity index (χ0v) is 5.92. The fourth-order valence-electron chi connectivity index (χ4n) is 0. The van der Waals surface area contributed by atoms with Crippen molar-refractivity contribution in [2.45, 2.75) is 0 Å². The molecule has 6 nitrogen and oxygen atoms in total. The van der Waals surface area contributed by atoms with E-state index >= 15 is 0 Å². The Balaban J connectivity index is 0. The van der Waals surface area contributed by atoms with Crippen molar-refractivity contribution >= 4 is 37.7 Å². The molecule has 0 atom stereocenters. The Hall–Kier alpha value is 1.02. The zero-order chi connectivity index (χ0) is 0. The predicted molar refractivity (Wildman–Crippen MR) is 27.4 cm³/mol. The molecule has 0 unspecified atom stereocenters. The van der Waals surface area contributed by atoms with E-state index < -0.39 is 0 Å². The first-order chi connectivity index (χ1) is 0. The van der Waals surface area contributed by atoms with Crippen molar-refractivity contribution in [3.8, 4) is 0 Å². The molecule has 0 heterocycles. The maximum Gasteiger partial charge on any atom is 2.00 e. The van der Waals surface area contributed by atoms with Crippen molar-refractivity contribution in [1.29, 1.82) is 0 Å². The molecular formula is H12CaO6+2. The van der Waals surface area contributed by atoms with E-state index in [1.807, 2.05) is 0 Å². The topological polar surface area (TPSA) is 189 Å². The van der Waals surface area contributed by atoms with E-state index in [1.54, 1.807) is 0 Å². The predicted octanol–water partition coefficient (Wildman–Crippen LogP) is -5.33. The van der Waals surface area contributed by atoms with Crippen LogP contribution in [0.2, 0.25) is 0 Å². The van der Waals surface area contributed by atoms with Crippen molar-refractivity contribution in [2.24, 2.45) is 0 Å². The summed E-state index contributed by atoms with van der Waals surface area (Å²) >= 11 is 0. The summed E-state index contributed by atoms with van der Waals surface area (Å²) in [5.74, 6) is 0. The van der Waals surface area contributed by atoms with Crippen LogP contribution in [0.25, 0.3) is 0 Å². The van der Waals surface area contributed by atoms with Crippen LogP contribution in [-0.2, 0) is 0 Å². The average Bonchev–Trinajstić information content (AvgIpc) is 0. The summed E-state index contributed by atoms with van der Waals surface area (Å²) in [6.07, 6.45) is 0. The Morgan fingerprint density at radius 2 is 0.286 bits per heavy atom. The molecule has 0 aromatic rings. The number of rotatable bonds is 0. The first kappa shape index (κ1) is 380. The van der Waals surface area contributed by atoms with Crippen molar-refractivity contribution < 1.29 is 32.9 Å². The van der Waals surface area contributed by atoms with Gasteiger partial charge < -0.3 is 32.9 Å². The van der Waals surface area contributed by atoms with Gasteiger partial charge in [-0.05, 0) is 0 Å². The molecule has 0 saturated carbocycles. The quantitative estimate of drug-likeness (QED) is 0.296. The van der Waals surface area contributed by atoms with Crippen LogP contribution in [0.3, 0.4) is 0 Å². The van der Waals surface area contributed by atoms with E-state index in [4.69, 9.17) is 0 Å². The van der Waals surface area contributed by atoms with Crippen molar-refractivity contribution in [3.05, 3.63) is 0 Å². The molecule has 0 aromatic carbocycles. The third kappa shape index (κ3) is 170. The molecular weight excluding hydrogens is 136 g/mol. The second-order valence-corrected chi connectivity index (χ2v) is 0. The molecule has 7 heavy (non-hydrogen) atoms. The molecule has 48 valence electrons. The third-order valence-corrected chi connectivity index (χ3v) is 0. The van der Waals surface area contributed by atoms with Crippen LogP contribution in [0, 0.1) is 0 Å². The summed E-state index contributed by atoms with van der Waals surface area (Å²) in [6, 6.07) is 0. The van der Waals surface area contributed by atoms with Gasteiger partial charge in [0.1, 0.15) is 0 Å². The first-order valence-electron chi connectivity index (χ1n) is 0. The minimum atomic E-state index is 0. The van der Waals surface area contributed by atoms with Crippen LogP contribution in [-0.4, -0.2) is 70.6 Å². The maximum atomic E-state index is 0. The van der Waals surface area contributed by atoms with Crippen LogP contribution >= 0.6 is 0 Å². The van der Waals surface area contributed by atoms with Gasteiger partial charge in [-0.1, -0.05) is 0 Å². The number of hydrogen-bond donors (Lipinski definition) is 0. The fraction of sp³-hybridized carbons (Fsp3) is 0. The van der Waals surface area contributed by atoms with Gasteiger partial charge >= 0.3 is 37.7 Å². The molecule has 0 bridgehead atoms. The monoisotopic (exact) mass is 148 g/mol. The summed E-state index contributed by atoms with van der Waals surface area (Å²) in [6.45, 7) is 0. The first-order valence-corrected chi connectivity index (χ1v) is 0. The average molecular weight is 148 g/mol. The van der Waals surface area contributed by atoms with Gasteiger partial charge in [-0.15, -0.1) is 0 Å². The molecule has 0 aliphatic heterocycles. The Morgan fingerprint density at radius 1 is 0.286 bits per heavy atom. The summed E-state index contributed by atoms with van der Waals surface area (Å²) in [5, 5.41) is 0. The molecule has 0 fully saturated rings. The smallest absolute Gasteiger partial charge is 0.412 e. The largest absolute Gasteiger partial charge is 2.00 e. The Bertz CT molecular complexity index is 4.14. The molecule has 0 amide bonds. The molecule has 0 rings (SSSR count). The normalized spacial score (nSPS) is 0. The standard InChI is InChI=1S/Ca.6H2O/h;6*1H2/q+2;;;;;;. The molecule has 0 spiro atoms. The van der Waals surface area contributed by atoms with E-state index in [0.717, 1.165) is 0 Å². The zero-order valence-electron chi connectivity index (χ0n) is 3.71. The van der Waals surface area contributed by atoms with Crippen molar-refractivity contribution in [2.75, 3.05) is 0 Å². The van der Waals surface area contributed by atoms with Gasteiger partial charge in [-0.25, -0.2) is 0 Å². The van der Waals surface area contributed by atoms with Crippen LogP contribution in [0.4, 0.5) is 0 Å². The Kier molecular flexibility index (Phi) is 13300. The summed E-state index contributed by atoms with van der Waals surface area (Å²) < 4.78 is 0. The minimum absolute atomic E-state index is 0. The van der Waals surface area contributed by atoms with Gasteiger partial charge in [0.25, 0.3) is 0 Å². The molecule has 7 heteroatoms. The Labute approximate surface area is 70.4 Å². The van der Waals surface area contributed by atoms with Crippen molar-refractivity contribution in [3.63, 3.8) is 0 Å². The van der Waals surface area contributed by atoms with E-state index in [2.05, 4.69) is 0 Å². The second kappa shape index (κ2) is 245. The minimum Gasteiger partial charge on any atom is -0.412 e. The Morgan fingerprint density at radius 3 is 0.286 bits per heavy atom. The van der Waals surface area contributed by atoms with Crippen LogP contribution in [0.15, 0.2) is 0 Å². The second-order valence-electron chi connectivity index (χ2n) is 0. The van der Waals surface area contributed by atoms with Crippen LogP contribution in [0.1, 0.15) is 0 Å². The SMILES string of the molecule is O.O.O.O.O.O.[Ca+2]. The summed E-state index contributed by atoms with van der Waals surface area (Å²) in [4.78, 5) is 0. The van der Waals surface area contributed by atoms with Gasteiger partial charge in [-0.3, -0.25) is 0 Å². The van der Waals surface area contributed by atoms with Gasteiger partial charge in [-0.2, -0.15) is 0 Å². The van der Waals surface area contributed by atoms with Crippen LogP contribution < -0.4 is 0 Å². The van der Waals surface area contributed by atoms with Gasteiger partial charge in [0, 0.05) is 0 Å². The molecule has 0 aliphatic rings. The molecule has 12 N–H and O–H groups in total.